The zero-order valence-corrected chi connectivity index (χ0v) is 14.1. The summed E-state index contributed by atoms with van der Waals surface area (Å²) in [5, 5.41) is 0. The molecule has 0 bridgehead atoms. The van der Waals surface area contributed by atoms with E-state index in [1.54, 1.807) is 12.1 Å². The molecule has 2 rings (SSSR count). The number of nitrogens with zero attached hydrogens (tertiary/aromatic N) is 2. The molecule has 0 atom stereocenters. The van der Waals surface area contributed by atoms with E-state index in [-0.39, 0.29) is 0 Å². The molecule has 2 nitrogen and oxygen atoms in total. The van der Waals surface area contributed by atoms with Crippen molar-refractivity contribution in [2.45, 2.75) is 19.3 Å². The molecule has 2 aromatic carbocycles. The summed E-state index contributed by atoms with van der Waals surface area (Å²) in [5.74, 6) is 0. The Morgan fingerprint density at radius 3 is 1.79 bits per heavy atom. The van der Waals surface area contributed by atoms with Crippen LogP contribution in [0, 0.1) is 0 Å². The van der Waals surface area contributed by atoms with Crippen molar-refractivity contribution in [3.05, 3.63) is 71.3 Å². The summed E-state index contributed by atoms with van der Waals surface area (Å²) in [6.45, 7) is 3.15. The van der Waals surface area contributed by atoms with Crippen LogP contribution in [0.5, 0.6) is 0 Å². The smallest absolute Gasteiger partial charge is 0.308 e. The maximum Gasteiger partial charge on any atom is 0.416 e. The summed E-state index contributed by atoms with van der Waals surface area (Å²) < 4.78 is 38.0. The van der Waals surface area contributed by atoms with Crippen molar-refractivity contribution in [2.75, 3.05) is 27.2 Å². The number of hydrogen-bond donors (Lipinski definition) is 0. The van der Waals surface area contributed by atoms with Crippen LogP contribution in [0.3, 0.4) is 0 Å². The third-order valence-electron chi connectivity index (χ3n) is 3.80. The fourth-order valence-corrected chi connectivity index (χ4v) is 2.45. The Morgan fingerprint density at radius 1 is 0.750 bits per heavy atom. The van der Waals surface area contributed by atoms with E-state index in [2.05, 4.69) is 21.9 Å². The predicted octanol–water partition coefficient (Wildman–Crippen LogP) is 4.27. The Kier molecular flexibility index (Phi) is 6.40. The molecule has 130 valence electrons. The van der Waals surface area contributed by atoms with Gasteiger partial charge in [-0.25, -0.2) is 0 Å². The number of likely N-dealkylation sites (N-methyl/N-ethyl adjacent to an activating group) is 1. The van der Waals surface area contributed by atoms with Crippen molar-refractivity contribution in [1.82, 2.24) is 9.80 Å². The van der Waals surface area contributed by atoms with Gasteiger partial charge in [0.15, 0.2) is 0 Å². The summed E-state index contributed by atoms with van der Waals surface area (Å²) >= 11 is 0. The SMILES string of the molecule is CN(C)CCN(Cc1ccccc1)Cc1ccc(C(F)(F)F)cc1. The topological polar surface area (TPSA) is 6.48 Å². The summed E-state index contributed by atoms with van der Waals surface area (Å²) in [6.07, 6.45) is -4.28. The molecule has 0 fully saturated rings. The van der Waals surface area contributed by atoms with Gasteiger partial charge in [-0.1, -0.05) is 42.5 Å². The molecule has 0 heterocycles. The van der Waals surface area contributed by atoms with Gasteiger partial charge in [-0.2, -0.15) is 13.2 Å². The van der Waals surface area contributed by atoms with Crippen molar-refractivity contribution in [3.8, 4) is 0 Å². The van der Waals surface area contributed by atoms with Gasteiger partial charge in [-0.05, 0) is 37.4 Å². The van der Waals surface area contributed by atoms with Crippen LogP contribution < -0.4 is 0 Å². The minimum absolute atomic E-state index is 0.603. The van der Waals surface area contributed by atoms with Gasteiger partial charge in [-0.15, -0.1) is 0 Å². The van der Waals surface area contributed by atoms with Crippen molar-refractivity contribution < 1.29 is 13.2 Å². The molecule has 0 aliphatic carbocycles. The third kappa shape index (κ3) is 5.98. The molecular weight excluding hydrogens is 313 g/mol. The van der Waals surface area contributed by atoms with Gasteiger partial charge >= 0.3 is 6.18 Å². The van der Waals surface area contributed by atoms with Crippen molar-refractivity contribution in [2.24, 2.45) is 0 Å². The van der Waals surface area contributed by atoms with Crippen molar-refractivity contribution in [1.29, 1.82) is 0 Å². The molecule has 0 saturated heterocycles. The van der Waals surface area contributed by atoms with Gasteiger partial charge in [0.25, 0.3) is 0 Å². The van der Waals surface area contributed by atoms with E-state index in [4.69, 9.17) is 0 Å². The highest BCUT2D eigenvalue weighted by Gasteiger charge is 2.29. The summed E-state index contributed by atoms with van der Waals surface area (Å²) in [6, 6.07) is 15.5. The molecule has 0 N–H and O–H groups in total. The minimum atomic E-state index is -4.28. The highest BCUT2D eigenvalue weighted by atomic mass is 19.4. The average molecular weight is 336 g/mol. The molecule has 24 heavy (non-hydrogen) atoms. The van der Waals surface area contributed by atoms with E-state index in [0.29, 0.717) is 6.54 Å². The monoisotopic (exact) mass is 336 g/mol. The van der Waals surface area contributed by atoms with Gasteiger partial charge in [0, 0.05) is 26.2 Å². The van der Waals surface area contributed by atoms with Crippen molar-refractivity contribution >= 4 is 0 Å². The van der Waals surface area contributed by atoms with E-state index in [1.165, 1.54) is 5.56 Å². The molecular formula is C19H23F3N2. The molecule has 0 unspecified atom stereocenters. The van der Waals surface area contributed by atoms with Crippen molar-refractivity contribution in [3.63, 3.8) is 0 Å². The second-order valence-corrected chi connectivity index (χ2v) is 6.19. The maximum absolute atomic E-state index is 12.7. The maximum atomic E-state index is 12.7. The fourth-order valence-electron chi connectivity index (χ4n) is 2.45. The average Bonchev–Trinajstić information content (AvgIpc) is 2.53. The largest absolute Gasteiger partial charge is 0.416 e. The molecule has 0 saturated carbocycles. The van der Waals surface area contributed by atoms with Crippen LogP contribution in [0.15, 0.2) is 54.6 Å². The standard InChI is InChI=1S/C19H23F3N2/c1-23(2)12-13-24(14-16-6-4-3-5-7-16)15-17-8-10-18(11-9-17)19(20,21)22/h3-11H,12-15H2,1-2H3. The first-order valence-electron chi connectivity index (χ1n) is 7.92. The van der Waals surface area contributed by atoms with Crippen LogP contribution in [-0.2, 0) is 19.3 Å². The first-order valence-corrected chi connectivity index (χ1v) is 7.92. The number of hydrogen-bond acceptors (Lipinski definition) is 2. The van der Waals surface area contributed by atoms with Crippen LogP contribution in [0.1, 0.15) is 16.7 Å². The molecule has 0 spiro atoms. The predicted molar refractivity (Wildman–Crippen MR) is 90.6 cm³/mol. The molecule has 0 radical (unpaired) electrons. The number of rotatable bonds is 7. The second-order valence-electron chi connectivity index (χ2n) is 6.19. The zero-order chi connectivity index (χ0) is 17.6. The van der Waals surface area contributed by atoms with E-state index in [0.717, 1.165) is 37.3 Å². The molecule has 5 heteroatoms. The van der Waals surface area contributed by atoms with E-state index >= 15 is 0 Å². The lowest BCUT2D eigenvalue weighted by Crippen LogP contribution is -2.31. The lowest BCUT2D eigenvalue weighted by atomic mass is 10.1. The number of alkyl halides is 3. The van der Waals surface area contributed by atoms with Gasteiger partial charge in [0.05, 0.1) is 5.56 Å². The first-order chi connectivity index (χ1) is 11.3. The Bertz CT molecular complexity index is 607. The quantitative estimate of drug-likeness (QED) is 0.745. The van der Waals surface area contributed by atoms with E-state index in [9.17, 15) is 13.2 Å². The van der Waals surface area contributed by atoms with E-state index < -0.39 is 11.7 Å². The lowest BCUT2D eigenvalue weighted by Gasteiger charge is -2.24. The molecule has 0 aromatic heterocycles. The normalized spacial score (nSPS) is 12.1. The van der Waals surface area contributed by atoms with Gasteiger partial charge < -0.3 is 4.90 Å². The lowest BCUT2D eigenvalue weighted by molar-refractivity contribution is -0.137. The first kappa shape index (κ1) is 18.5. The van der Waals surface area contributed by atoms with Crippen LogP contribution in [0.4, 0.5) is 13.2 Å². The Hall–Kier alpha value is -1.85. The van der Waals surface area contributed by atoms with Gasteiger partial charge in [0.1, 0.15) is 0 Å². The molecule has 0 aliphatic rings. The minimum Gasteiger partial charge on any atom is -0.308 e. The zero-order valence-electron chi connectivity index (χ0n) is 14.1. The summed E-state index contributed by atoms with van der Waals surface area (Å²) in [7, 11) is 4.03. The number of benzene rings is 2. The van der Waals surface area contributed by atoms with Crippen LogP contribution in [-0.4, -0.2) is 37.0 Å². The molecule has 0 aliphatic heterocycles. The summed E-state index contributed by atoms with van der Waals surface area (Å²) in [4.78, 5) is 4.35. The Balaban J connectivity index is 2.06. The highest BCUT2D eigenvalue weighted by molar-refractivity contribution is 5.24. The van der Waals surface area contributed by atoms with Gasteiger partial charge in [-0.3, -0.25) is 4.90 Å². The van der Waals surface area contributed by atoms with Gasteiger partial charge in [0.2, 0.25) is 0 Å². The molecule has 2 aromatic rings. The Labute approximate surface area is 141 Å². The molecule has 0 amide bonds. The number of halogens is 3. The van der Waals surface area contributed by atoms with Crippen LogP contribution >= 0.6 is 0 Å². The second kappa shape index (κ2) is 8.31. The third-order valence-corrected chi connectivity index (χ3v) is 3.80. The highest BCUT2D eigenvalue weighted by Crippen LogP contribution is 2.29. The fraction of sp³-hybridized carbons (Fsp3) is 0.368. The Morgan fingerprint density at radius 2 is 1.29 bits per heavy atom. The van der Waals surface area contributed by atoms with Crippen LogP contribution in [0.2, 0.25) is 0 Å². The van der Waals surface area contributed by atoms with Crippen LogP contribution in [0.25, 0.3) is 0 Å². The summed E-state index contributed by atoms with van der Waals surface area (Å²) in [5.41, 5.74) is 1.48. The van der Waals surface area contributed by atoms with E-state index in [1.807, 2.05) is 32.3 Å².